The van der Waals surface area contributed by atoms with Crippen LogP contribution in [0.25, 0.3) is 0 Å². The van der Waals surface area contributed by atoms with Crippen LogP contribution in [-0.2, 0) is 20.7 Å². The van der Waals surface area contributed by atoms with E-state index in [0.29, 0.717) is 6.54 Å². The van der Waals surface area contributed by atoms with Gasteiger partial charge in [0.25, 0.3) is 0 Å². The van der Waals surface area contributed by atoms with Gasteiger partial charge < -0.3 is 20.3 Å². The average molecular weight is 524 g/mol. The predicted molar refractivity (Wildman–Crippen MR) is 152 cm³/mol. The first-order valence-corrected chi connectivity index (χ1v) is 13.4. The maximum atomic E-state index is 14.4. The predicted octanol–water partition coefficient (Wildman–Crippen LogP) is 5.72. The van der Waals surface area contributed by atoms with E-state index in [-0.39, 0.29) is 18.2 Å². The van der Waals surface area contributed by atoms with Gasteiger partial charge in [-0.1, -0.05) is 67.9 Å². The zero-order chi connectivity index (χ0) is 28.5. The van der Waals surface area contributed by atoms with Crippen LogP contribution in [0.2, 0.25) is 0 Å². The van der Waals surface area contributed by atoms with Gasteiger partial charge in [-0.25, -0.2) is 4.79 Å². The smallest absolute Gasteiger partial charge is 0.408 e. The number of hydrogen-bond donors (Lipinski definition) is 2. The Labute approximate surface area is 228 Å². The number of unbranched alkanes of at least 4 members (excludes halogenated alkanes) is 1. The molecule has 2 N–H and O–H groups in total. The number of alkyl carbamates (subject to hydrolysis) is 1. The van der Waals surface area contributed by atoms with Crippen LogP contribution in [-0.4, -0.2) is 46.5 Å². The Morgan fingerprint density at radius 1 is 0.921 bits per heavy atom. The highest BCUT2D eigenvalue weighted by molar-refractivity contribution is 5.93. The summed E-state index contributed by atoms with van der Waals surface area (Å²) in [5.74, 6) is -0.599. The lowest BCUT2D eigenvalue weighted by atomic mass is 9.92. The summed E-state index contributed by atoms with van der Waals surface area (Å²) in [6.45, 7) is 15.6. The van der Waals surface area contributed by atoms with E-state index in [1.165, 1.54) is 0 Å². The molecular weight excluding hydrogens is 478 g/mol. The molecule has 2 atom stereocenters. The van der Waals surface area contributed by atoms with Gasteiger partial charge >= 0.3 is 6.09 Å². The van der Waals surface area contributed by atoms with Crippen LogP contribution < -0.4 is 10.6 Å². The maximum absolute atomic E-state index is 14.4. The summed E-state index contributed by atoms with van der Waals surface area (Å²) in [7, 11) is 0. The van der Waals surface area contributed by atoms with Crippen LogP contribution >= 0.6 is 0 Å². The number of ether oxygens (including phenoxy) is 1. The fourth-order valence-electron chi connectivity index (χ4n) is 4.29. The Bertz CT molecular complexity index is 1070. The number of benzene rings is 2. The minimum absolute atomic E-state index is 0.244. The fraction of sp³-hybridized carbons (Fsp3) is 0.516. The first kappa shape index (κ1) is 30.9. The maximum Gasteiger partial charge on any atom is 0.408 e. The summed E-state index contributed by atoms with van der Waals surface area (Å²) in [6, 6.07) is 15.3. The standard InChI is InChI=1S/C31H45N3O4/c1-9-10-20-32-27(35)26(24-19-15-14-16-22(24)2)34(30(3,4)5)28(36)25(21-23-17-12-11-13-18-23)33-29(37)38-31(6,7)8/h11-19,25-26H,9-10,20-21H2,1-8H3,(H,32,35)(H,33,37). The highest BCUT2D eigenvalue weighted by atomic mass is 16.6. The van der Waals surface area contributed by atoms with Crippen LogP contribution in [0.15, 0.2) is 54.6 Å². The van der Waals surface area contributed by atoms with Crippen LogP contribution in [0.3, 0.4) is 0 Å². The third kappa shape index (κ3) is 9.19. The molecular formula is C31H45N3O4. The van der Waals surface area contributed by atoms with Crippen molar-refractivity contribution in [2.75, 3.05) is 6.54 Å². The highest BCUT2D eigenvalue weighted by Gasteiger charge is 2.42. The molecule has 0 saturated heterocycles. The van der Waals surface area contributed by atoms with Gasteiger partial charge in [0.05, 0.1) is 0 Å². The van der Waals surface area contributed by atoms with Crippen molar-refractivity contribution in [2.24, 2.45) is 0 Å². The molecule has 0 bridgehead atoms. The number of rotatable bonds is 10. The van der Waals surface area contributed by atoms with Gasteiger partial charge in [0.2, 0.25) is 11.8 Å². The van der Waals surface area contributed by atoms with Gasteiger partial charge in [-0.2, -0.15) is 0 Å². The summed E-state index contributed by atoms with van der Waals surface area (Å²) < 4.78 is 5.50. The van der Waals surface area contributed by atoms with Crippen molar-refractivity contribution in [3.63, 3.8) is 0 Å². The minimum Gasteiger partial charge on any atom is -0.444 e. The van der Waals surface area contributed by atoms with Gasteiger partial charge in [0.1, 0.15) is 17.7 Å². The second-order valence-corrected chi connectivity index (χ2v) is 11.7. The number of amides is 3. The van der Waals surface area contributed by atoms with Crippen molar-refractivity contribution in [3.8, 4) is 0 Å². The van der Waals surface area contributed by atoms with E-state index in [4.69, 9.17) is 4.74 Å². The largest absolute Gasteiger partial charge is 0.444 e. The number of nitrogens with one attached hydrogen (secondary N) is 2. The second kappa shape index (κ2) is 13.4. The summed E-state index contributed by atoms with van der Waals surface area (Å²) in [4.78, 5) is 42.6. The van der Waals surface area contributed by atoms with Crippen LogP contribution in [0, 0.1) is 6.92 Å². The van der Waals surface area contributed by atoms with E-state index >= 15 is 0 Å². The Balaban J connectivity index is 2.58. The SMILES string of the molecule is CCCCNC(=O)C(c1ccccc1C)N(C(=O)C(Cc1ccccc1)NC(=O)OC(C)(C)C)C(C)(C)C. The molecule has 2 unspecified atom stereocenters. The third-order valence-electron chi connectivity index (χ3n) is 6.05. The lowest BCUT2D eigenvalue weighted by Crippen LogP contribution is -2.59. The Morgan fingerprint density at radius 2 is 1.53 bits per heavy atom. The molecule has 0 radical (unpaired) electrons. The van der Waals surface area contributed by atoms with Crippen molar-refractivity contribution >= 4 is 17.9 Å². The summed E-state index contributed by atoms with van der Waals surface area (Å²) in [5, 5.41) is 5.83. The van der Waals surface area contributed by atoms with Crippen LogP contribution in [0.4, 0.5) is 4.79 Å². The number of nitrogens with zero attached hydrogens (tertiary/aromatic N) is 1. The Kier molecular flexibility index (Phi) is 10.9. The van der Waals surface area contributed by atoms with E-state index in [0.717, 1.165) is 29.5 Å². The molecule has 0 spiro atoms. The Hall–Kier alpha value is -3.35. The highest BCUT2D eigenvalue weighted by Crippen LogP contribution is 2.32. The van der Waals surface area contributed by atoms with E-state index < -0.39 is 29.3 Å². The monoisotopic (exact) mass is 523 g/mol. The van der Waals surface area contributed by atoms with Crippen molar-refractivity contribution in [1.29, 1.82) is 0 Å². The molecule has 7 nitrogen and oxygen atoms in total. The molecule has 0 heterocycles. The molecule has 0 aromatic heterocycles. The number of carbonyl (C=O) groups excluding carboxylic acids is 3. The van der Waals surface area contributed by atoms with E-state index in [1.54, 1.807) is 25.7 Å². The van der Waals surface area contributed by atoms with E-state index in [9.17, 15) is 14.4 Å². The number of hydrogen-bond acceptors (Lipinski definition) is 4. The molecule has 2 aromatic rings. The molecule has 0 aliphatic carbocycles. The zero-order valence-corrected chi connectivity index (χ0v) is 24.3. The summed E-state index contributed by atoms with van der Waals surface area (Å²) in [5.41, 5.74) is 1.08. The lowest BCUT2D eigenvalue weighted by molar-refractivity contribution is -0.148. The third-order valence-corrected chi connectivity index (χ3v) is 6.05. The van der Waals surface area contributed by atoms with Crippen LogP contribution in [0.1, 0.15) is 84.0 Å². The molecule has 208 valence electrons. The second-order valence-electron chi connectivity index (χ2n) is 11.7. The minimum atomic E-state index is -0.943. The normalized spacial score (nSPS) is 13.3. The molecule has 0 saturated carbocycles. The number of carbonyl (C=O) groups is 3. The first-order valence-electron chi connectivity index (χ1n) is 13.4. The molecule has 0 aliphatic rings. The zero-order valence-electron chi connectivity index (χ0n) is 24.3. The molecule has 38 heavy (non-hydrogen) atoms. The fourth-order valence-corrected chi connectivity index (χ4v) is 4.29. The van der Waals surface area contributed by atoms with Crippen molar-refractivity contribution < 1.29 is 19.1 Å². The average Bonchev–Trinajstić information content (AvgIpc) is 2.81. The quantitative estimate of drug-likeness (QED) is 0.390. The van der Waals surface area contributed by atoms with Gasteiger partial charge in [0.15, 0.2) is 0 Å². The topological polar surface area (TPSA) is 87.7 Å². The summed E-state index contributed by atoms with van der Waals surface area (Å²) in [6.07, 6.45) is 1.35. The van der Waals surface area contributed by atoms with Gasteiger partial charge in [-0.05, 0) is 71.6 Å². The Morgan fingerprint density at radius 3 is 2.08 bits per heavy atom. The van der Waals surface area contributed by atoms with Crippen molar-refractivity contribution in [2.45, 2.75) is 97.9 Å². The lowest BCUT2D eigenvalue weighted by Gasteiger charge is -2.43. The first-order chi connectivity index (χ1) is 17.7. The molecule has 2 aromatic carbocycles. The van der Waals surface area contributed by atoms with Gasteiger partial charge in [-0.3, -0.25) is 9.59 Å². The molecule has 7 heteroatoms. The van der Waals surface area contributed by atoms with E-state index in [1.807, 2.05) is 82.3 Å². The summed E-state index contributed by atoms with van der Waals surface area (Å²) >= 11 is 0. The van der Waals surface area contributed by atoms with E-state index in [2.05, 4.69) is 17.6 Å². The molecule has 2 rings (SSSR count). The van der Waals surface area contributed by atoms with Gasteiger partial charge in [-0.15, -0.1) is 0 Å². The molecule has 0 fully saturated rings. The molecule has 0 aliphatic heterocycles. The van der Waals surface area contributed by atoms with Crippen molar-refractivity contribution in [1.82, 2.24) is 15.5 Å². The molecule has 3 amide bonds. The van der Waals surface area contributed by atoms with Crippen LogP contribution in [0.5, 0.6) is 0 Å². The van der Waals surface area contributed by atoms with Crippen molar-refractivity contribution in [3.05, 3.63) is 71.3 Å². The number of aryl methyl sites for hydroxylation is 1. The van der Waals surface area contributed by atoms with Gasteiger partial charge in [0, 0.05) is 18.5 Å².